The highest BCUT2D eigenvalue weighted by atomic mass is 16.5. The van der Waals surface area contributed by atoms with Crippen LogP contribution in [0.25, 0.3) is 17.3 Å². The maximum Gasteiger partial charge on any atom is 0.371 e. The van der Waals surface area contributed by atoms with Crippen molar-refractivity contribution in [3.63, 3.8) is 0 Å². The second-order valence-electron chi connectivity index (χ2n) is 6.19. The van der Waals surface area contributed by atoms with Gasteiger partial charge in [0.05, 0.1) is 12.8 Å². The van der Waals surface area contributed by atoms with Gasteiger partial charge in [-0.05, 0) is 36.3 Å². The van der Waals surface area contributed by atoms with Crippen LogP contribution in [0.5, 0.6) is 0 Å². The number of hydrogen-bond acceptors (Lipinski definition) is 4. The Morgan fingerprint density at radius 2 is 2.07 bits per heavy atom. The van der Waals surface area contributed by atoms with E-state index >= 15 is 0 Å². The number of unbranched alkanes of at least 4 members (excludes halogenated alkanes) is 1. The number of carboxylic acid groups (broad SMARTS) is 1. The van der Waals surface area contributed by atoms with Crippen LogP contribution < -0.4 is 10.2 Å². The number of carbonyl (C=O) groups excluding carboxylic acids is 1. The van der Waals surface area contributed by atoms with E-state index in [4.69, 9.17) is 9.84 Å². The summed E-state index contributed by atoms with van der Waals surface area (Å²) in [4.78, 5) is 29.2. The molecular weight excluding hydrogens is 358 g/mol. The Bertz CT molecular complexity index is 847. The zero-order valence-electron chi connectivity index (χ0n) is 16.3. The predicted molar refractivity (Wildman–Crippen MR) is 109 cm³/mol. The van der Waals surface area contributed by atoms with E-state index in [9.17, 15) is 9.59 Å². The number of methoxy groups -OCH3 is 1. The first kappa shape index (κ1) is 21.0. The third-order valence-electron chi connectivity index (χ3n) is 4.16. The van der Waals surface area contributed by atoms with Gasteiger partial charge in [-0.15, -0.1) is 0 Å². The van der Waals surface area contributed by atoms with E-state index in [1.54, 1.807) is 30.3 Å². The molecule has 148 valence electrons. The van der Waals surface area contributed by atoms with E-state index in [0.717, 1.165) is 24.1 Å². The molecule has 1 aromatic carbocycles. The standard InChI is InChI=1S/C21H25N3O4/c1-4-5-11-22-21(27)24(2)17-8-6-7-16(13-17)18-10-9-15(14-23-18)12-19(28-3)20(25)26/h6-10,12-14H,4-5,11H2,1-3H3,(H,22,27)(H,25,26). The first-order valence-corrected chi connectivity index (χ1v) is 9.03. The molecule has 0 bridgehead atoms. The summed E-state index contributed by atoms with van der Waals surface area (Å²) in [5.74, 6) is -1.30. The zero-order chi connectivity index (χ0) is 20.5. The summed E-state index contributed by atoms with van der Waals surface area (Å²) in [5, 5.41) is 11.9. The number of aromatic nitrogens is 1. The van der Waals surface area contributed by atoms with Crippen LogP contribution in [0.1, 0.15) is 25.3 Å². The third-order valence-corrected chi connectivity index (χ3v) is 4.16. The molecule has 2 amide bonds. The maximum atomic E-state index is 12.2. The average molecular weight is 383 g/mol. The molecule has 7 heteroatoms. The number of anilines is 1. The van der Waals surface area contributed by atoms with E-state index in [-0.39, 0.29) is 11.8 Å². The van der Waals surface area contributed by atoms with Crippen molar-refractivity contribution in [1.29, 1.82) is 0 Å². The van der Waals surface area contributed by atoms with Gasteiger partial charge in [0.2, 0.25) is 5.76 Å². The van der Waals surface area contributed by atoms with Crippen molar-refractivity contribution >= 4 is 23.8 Å². The van der Waals surface area contributed by atoms with Gasteiger partial charge in [-0.3, -0.25) is 9.88 Å². The quantitative estimate of drug-likeness (QED) is 0.411. The highest BCUT2D eigenvalue weighted by Gasteiger charge is 2.11. The minimum absolute atomic E-state index is 0.153. The summed E-state index contributed by atoms with van der Waals surface area (Å²) in [5.41, 5.74) is 2.94. The van der Waals surface area contributed by atoms with Crippen LogP contribution in [0, 0.1) is 0 Å². The smallest absolute Gasteiger partial charge is 0.371 e. The number of rotatable bonds is 8. The fourth-order valence-corrected chi connectivity index (χ4v) is 2.50. The fraction of sp³-hybridized carbons (Fsp3) is 0.286. The van der Waals surface area contributed by atoms with Crippen LogP contribution in [0.15, 0.2) is 48.4 Å². The lowest BCUT2D eigenvalue weighted by Gasteiger charge is -2.18. The molecular formula is C21H25N3O4. The Balaban J connectivity index is 2.17. The molecule has 0 fully saturated rings. The molecule has 0 saturated carbocycles. The van der Waals surface area contributed by atoms with Gasteiger partial charge < -0.3 is 15.2 Å². The molecule has 1 aromatic heterocycles. The van der Waals surface area contributed by atoms with Crippen molar-refractivity contribution < 1.29 is 19.4 Å². The van der Waals surface area contributed by atoms with E-state index < -0.39 is 5.97 Å². The van der Waals surface area contributed by atoms with Gasteiger partial charge in [-0.2, -0.15) is 0 Å². The van der Waals surface area contributed by atoms with Crippen molar-refractivity contribution in [3.8, 4) is 11.3 Å². The van der Waals surface area contributed by atoms with Crippen molar-refractivity contribution in [3.05, 3.63) is 53.9 Å². The summed E-state index contributed by atoms with van der Waals surface area (Å²) >= 11 is 0. The predicted octanol–water partition coefficient (Wildman–Crippen LogP) is 3.77. The molecule has 7 nitrogen and oxygen atoms in total. The first-order chi connectivity index (χ1) is 13.5. The van der Waals surface area contributed by atoms with E-state index in [1.165, 1.54) is 13.2 Å². The minimum Gasteiger partial charge on any atom is -0.490 e. The molecule has 2 rings (SSSR count). The number of carboxylic acids is 1. The number of aliphatic carboxylic acids is 1. The monoisotopic (exact) mass is 383 g/mol. The SMILES string of the molecule is CCCCNC(=O)N(C)c1cccc(-c2ccc(C=C(OC)C(=O)O)cn2)c1. The number of urea groups is 1. The maximum absolute atomic E-state index is 12.2. The lowest BCUT2D eigenvalue weighted by Crippen LogP contribution is -2.37. The Kier molecular flexibility index (Phi) is 7.56. The molecule has 2 N–H and O–H groups in total. The van der Waals surface area contributed by atoms with Crippen molar-refractivity contribution in [2.45, 2.75) is 19.8 Å². The van der Waals surface area contributed by atoms with Crippen LogP contribution in [-0.2, 0) is 9.53 Å². The van der Waals surface area contributed by atoms with Crippen molar-refractivity contribution in [1.82, 2.24) is 10.3 Å². The van der Waals surface area contributed by atoms with Gasteiger partial charge in [0.1, 0.15) is 0 Å². The van der Waals surface area contributed by atoms with Gasteiger partial charge in [0.15, 0.2) is 0 Å². The Morgan fingerprint density at radius 1 is 1.29 bits per heavy atom. The van der Waals surface area contributed by atoms with E-state index in [0.29, 0.717) is 17.8 Å². The largest absolute Gasteiger partial charge is 0.490 e. The van der Waals surface area contributed by atoms with Crippen LogP contribution in [0.2, 0.25) is 0 Å². The molecule has 0 radical (unpaired) electrons. The van der Waals surface area contributed by atoms with Gasteiger partial charge in [0, 0.05) is 31.0 Å². The summed E-state index contributed by atoms with van der Waals surface area (Å²) in [7, 11) is 3.03. The molecule has 2 aromatic rings. The Hall–Kier alpha value is -3.35. The number of nitrogens with zero attached hydrogens (tertiary/aromatic N) is 2. The molecule has 1 heterocycles. The molecule has 0 spiro atoms. The van der Waals surface area contributed by atoms with Crippen LogP contribution in [0.4, 0.5) is 10.5 Å². The van der Waals surface area contributed by atoms with Gasteiger partial charge in [0.25, 0.3) is 0 Å². The number of hydrogen-bond donors (Lipinski definition) is 2. The third kappa shape index (κ3) is 5.57. The zero-order valence-corrected chi connectivity index (χ0v) is 16.3. The summed E-state index contributed by atoms with van der Waals surface area (Å²) < 4.78 is 4.82. The van der Waals surface area contributed by atoms with Crippen LogP contribution in [0.3, 0.4) is 0 Å². The molecule has 0 aliphatic heterocycles. The van der Waals surface area contributed by atoms with Crippen molar-refractivity contribution in [2.24, 2.45) is 0 Å². The molecule has 0 aliphatic carbocycles. The minimum atomic E-state index is -1.14. The Morgan fingerprint density at radius 3 is 2.68 bits per heavy atom. The van der Waals surface area contributed by atoms with Gasteiger partial charge in [-0.25, -0.2) is 9.59 Å². The van der Waals surface area contributed by atoms with Crippen LogP contribution >= 0.6 is 0 Å². The number of amides is 2. The van der Waals surface area contributed by atoms with Crippen molar-refractivity contribution in [2.75, 3.05) is 25.6 Å². The van der Waals surface area contributed by atoms with E-state index in [1.807, 2.05) is 24.3 Å². The lowest BCUT2D eigenvalue weighted by atomic mass is 10.1. The van der Waals surface area contributed by atoms with Gasteiger partial charge in [-0.1, -0.05) is 31.5 Å². The first-order valence-electron chi connectivity index (χ1n) is 9.03. The highest BCUT2D eigenvalue weighted by Crippen LogP contribution is 2.23. The summed E-state index contributed by atoms with van der Waals surface area (Å²) in [6, 6.07) is 10.9. The molecule has 0 atom stereocenters. The fourth-order valence-electron chi connectivity index (χ4n) is 2.50. The Labute approximate surface area is 164 Å². The average Bonchev–Trinajstić information content (AvgIpc) is 2.71. The summed E-state index contributed by atoms with van der Waals surface area (Å²) in [6.45, 7) is 2.72. The second-order valence-corrected chi connectivity index (χ2v) is 6.19. The number of benzene rings is 1. The van der Waals surface area contributed by atoms with E-state index in [2.05, 4.69) is 17.2 Å². The normalized spacial score (nSPS) is 11.0. The second kappa shape index (κ2) is 10.1. The summed E-state index contributed by atoms with van der Waals surface area (Å²) in [6.07, 6.45) is 4.95. The highest BCUT2D eigenvalue weighted by molar-refractivity contribution is 5.92. The van der Waals surface area contributed by atoms with Gasteiger partial charge >= 0.3 is 12.0 Å². The number of carbonyl (C=O) groups is 2. The molecule has 0 aliphatic rings. The number of pyridine rings is 1. The number of ether oxygens (including phenoxy) is 1. The topological polar surface area (TPSA) is 91.8 Å². The molecule has 0 unspecified atom stereocenters. The lowest BCUT2D eigenvalue weighted by molar-refractivity contribution is -0.135. The molecule has 28 heavy (non-hydrogen) atoms. The van der Waals surface area contributed by atoms with Crippen LogP contribution in [-0.4, -0.2) is 42.8 Å². The molecule has 0 saturated heterocycles. The number of nitrogens with one attached hydrogen (secondary N) is 1.